The number of nitrogens with one attached hydrogen (secondary N) is 1. The largest absolute Gasteiger partial charge is 0.380 e. The Morgan fingerprint density at radius 2 is 2.28 bits per heavy atom. The van der Waals surface area contributed by atoms with Crippen LogP contribution in [0, 0.1) is 0 Å². The van der Waals surface area contributed by atoms with Gasteiger partial charge in [-0.15, -0.1) is 0 Å². The van der Waals surface area contributed by atoms with E-state index in [1.165, 1.54) is 6.33 Å². The molecule has 7 nitrogen and oxygen atoms in total. The maximum atomic E-state index is 5.20. The van der Waals surface area contributed by atoms with Crippen molar-refractivity contribution >= 4 is 11.6 Å². The highest BCUT2D eigenvalue weighted by atomic mass is 16.5. The van der Waals surface area contributed by atoms with Crippen LogP contribution in [0.25, 0.3) is 5.78 Å². The highest BCUT2D eigenvalue weighted by molar-refractivity contribution is 5.44. The van der Waals surface area contributed by atoms with Crippen LogP contribution in [0.1, 0.15) is 12.6 Å². The second kappa shape index (κ2) is 5.74. The summed E-state index contributed by atoms with van der Waals surface area (Å²) < 4.78 is 11.9. The van der Waals surface area contributed by atoms with Crippen molar-refractivity contribution in [1.82, 2.24) is 19.6 Å². The molecule has 0 saturated heterocycles. The van der Waals surface area contributed by atoms with E-state index in [0.717, 1.165) is 11.5 Å². The molecule has 0 aromatic carbocycles. The molecule has 0 amide bonds. The molecule has 0 saturated carbocycles. The zero-order valence-electron chi connectivity index (χ0n) is 10.8. The van der Waals surface area contributed by atoms with Crippen LogP contribution in [0.3, 0.4) is 0 Å². The molecule has 1 atom stereocenters. The summed E-state index contributed by atoms with van der Waals surface area (Å²) in [6.45, 7) is 3.11. The molecular formula is C11H17N5O2. The van der Waals surface area contributed by atoms with E-state index in [-0.39, 0.29) is 6.10 Å². The summed E-state index contributed by atoms with van der Waals surface area (Å²) in [6, 6.07) is 1.90. The number of hydrogen-bond donors (Lipinski definition) is 1. The average molecular weight is 251 g/mol. The fourth-order valence-electron chi connectivity index (χ4n) is 1.54. The lowest BCUT2D eigenvalue weighted by Crippen LogP contribution is -2.20. The van der Waals surface area contributed by atoms with Crippen LogP contribution in [0.2, 0.25) is 0 Å². The van der Waals surface area contributed by atoms with Gasteiger partial charge in [0, 0.05) is 26.8 Å². The van der Waals surface area contributed by atoms with E-state index < -0.39 is 0 Å². The number of fused-ring (bicyclic) bond motifs is 1. The number of nitrogens with zero attached hydrogens (tertiary/aromatic N) is 4. The van der Waals surface area contributed by atoms with Crippen LogP contribution in [-0.2, 0) is 16.1 Å². The van der Waals surface area contributed by atoms with Gasteiger partial charge < -0.3 is 14.8 Å². The standard InChI is InChI=1S/C11H17N5O2/c1-8(18-3)5-12-10-4-9(6-17-2)15-11-13-7-14-16(10)11/h4,7-8,12H,5-6H2,1-3H3. The summed E-state index contributed by atoms with van der Waals surface area (Å²) >= 11 is 0. The molecule has 0 aliphatic rings. The van der Waals surface area contributed by atoms with Gasteiger partial charge in [0.05, 0.1) is 18.4 Å². The monoisotopic (exact) mass is 251 g/mol. The van der Waals surface area contributed by atoms with Crippen molar-refractivity contribution in [3.63, 3.8) is 0 Å². The van der Waals surface area contributed by atoms with E-state index in [0.29, 0.717) is 18.9 Å². The number of aromatic nitrogens is 4. The summed E-state index contributed by atoms with van der Waals surface area (Å²) in [5.74, 6) is 1.38. The molecule has 0 aliphatic heterocycles. The Bertz CT molecular complexity index is 513. The molecule has 18 heavy (non-hydrogen) atoms. The van der Waals surface area contributed by atoms with Crippen LogP contribution in [0.5, 0.6) is 0 Å². The number of hydrogen-bond acceptors (Lipinski definition) is 6. The number of ether oxygens (including phenoxy) is 2. The van der Waals surface area contributed by atoms with Crippen molar-refractivity contribution in [3.05, 3.63) is 18.1 Å². The molecule has 0 bridgehead atoms. The van der Waals surface area contributed by atoms with Crippen molar-refractivity contribution in [3.8, 4) is 0 Å². The lowest BCUT2D eigenvalue weighted by molar-refractivity contribution is 0.128. The van der Waals surface area contributed by atoms with E-state index in [1.54, 1.807) is 18.7 Å². The molecule has 2 aromatic heterocycles. The minimum Gasteiger partial charge on any atom is -0.380 e. The van der Waals surface area contributed by atoms with E-state index >= 15 is 0 Å². The second-order valence-electron chi connectivity index (χ2n) is 3.96. The molecular weight excluding hydrogens is 234 g/mol. The fourth-order valence-corrected chi connectivity index (χ4v) is 1.54. The molecule has 2 rings (SSSR count). The fraction of sp³-hybridized carbons (Fsp3) is 0.545. The summed E-state index contributed by atoms with van der Waals surface area (Å²) in [7, 11) is 3.32. The number of methoxy groups -OCH3 is 2. The third kappa shape index (κ3) is 2.74. The first kappa shape index (κ1) is 12.7. The van der Waals surface area contributed by atoms with Crippen LogP contribution in [0.4, 0.5) is 5.82 Å². The maximum Gasteiger partial charge on any atom is 0.254 e. The Hall–Kier alpha value is -1.73. The molecule has 0 radical (unpaired) electrons. The Morgan fingerprint density at radius 3 is 3.00 bits per heavy atom. The van der Waals surface area contributed by atoms with Gasteiger partial charge in [0.1, 0.15) is 12.1 Å². The number of rotatable bonds is 6. The van der Waals surface area contributed by atoms with Crippen molar-refractivity contribution in [2.75, 3.05) is 26.1 Å². The van der Waals surface area contributed by atoms with Gasteiger partial charge in [-0.05, 0) is 6.92 Å². The normalized spacial score (nSPS) is 12.8. The highest BCUT2D eigenvalue weighted by Crippen LogP contribution is 2.11. The first-order valence-electron chi connectivity index (χ1n) is 5.70. The molecule has 98 valence electrons. The molecule has 2 heterocycles. The number of anilines is 1. The lowest BCUT2D eigenvalue weighted by atomic mass is 10.3. The van der Waals surface area contributed by atoms with E-state index in [2.05, 4.69) is 20.4 Å². The van der Waals surface area contributed by atoms with Crippen LogP contribution >= 0.6 is 0 Å². The van der Waals surface area contributed by atoms with Gasteiger partial charge in [0.25, 0.3) is 5.78 Å². The van der Waals surface area contributed by atoms with Gasteiger partial charge in [-0.25, -0.2) is 4.98 Å². The van der Waals surface area contributed by atoms with Crippen LogP contribution in [-0.4, -0.2) is 46.5 Å². The van der Waals surface area contributed by atoms with Crippen molar-refractivity contribution < 1.29 is 9.47 Å². The molecule has 0 aliphatic carbocycles. The van der Waals surface area contributed by atoms with E-state index in [9.17, 15) is 0 Å². The Morgan fingerprint density at radius 1 is 1.44 bits per heavy atom. The predicted molar refractivity (Wildman–Crippen MR) is 66.5 cm³/mol. The zero-order valence-corrected chi connectivity index (χ0v) is 10.8. The Labute approximate surface area is 105 Å². The maximum absolute atomic E-state index is 5.20. The van der Waals surface area contributed by atoms with E-state index in [1.807, 2.05) is 13.0 Å². The SMILES string of the molecule is COCc1cc(NCC(C)OC)n2ncnc2n1. The summed E-state index contributed by atoms with van der Waals surface area (Å²) in [5, 5.41) is 7.39. The van der Waals surface area contributed by atoms with Gasteiger partial charge >= 0.3 is 0 Å². The first-order valence-corrected chi connectivity index (χ1v) is 5.70. The third-order valence-electron chi connectivity index (χ3n) is 2.57. The van der Waals surface area contributed by atoms with Crippen LogP contribution in [0.15, 0.2) is 12.4 Å². The van der Waals surface area contributed by atoms with Crippen molar-refractivity contribution in [2.45, 2.75) is 19.6 Å². The van der Waals surface area contributed by atoms with Crippen LogP contribution < -0.4 is 5.32 Å². The second-order valence-corrected chi connectivity index (χ2v) is 3.96. The zero-order chi connectivity index (χ0) is 13.0. The predicted octanol–water partition coefficient (Wildman–Crippen LogP) is 0.717. The van der Waals surface area contributed by atoms with Gasteiger partial charge in [0.2, 0.25) is 0 Å². The Kier molecular flexibility index (Phi) is 4.06. The summed E-state index contributed by atoms with van der Waals surface area (Å²) in [5.41, 5.74) is 0.811. The van der Waals surface area contributed by atoms with Gasteiger partial charge in [-0.1, -0.05) is 0 Å². The van der Waals surface area contributed by atoms with Crippen molar-refractivity contribution in [2.24, 2.45) is 0 Å². The van der Waals surface area contributed by atoms with Gasteiger partial charge in [0.15, 0.2) is 0 Å². The van der Waals surface area contributed by atoms with Crippen molar-refractivity contribution in [1.29, 1.82) is 0 Å². The minimum atomic E-state index is 0.114. The lowest BCUT2D eigenvalue weighted by Gasteiger charge is -2.13. The molecule has 7 heteroatoms. The molecule has 2 aromatic rings. The van der Waals surface area contributed by atoms with Gasteiger partial charge in [-0.2, -0.15) is 14.6 Å². The average Bonchev–Trinajstić information content (AvgIpc) is 2.84. The molecule has 1 N–H and O–H groups in total. The van der Waals surface area contributed by atoms with E-state index in [4.69, 9.17) is 9.47 Å². The molecule has 0 spiro atoms. The van der Waals surface area contributed by atoms with Gasteiger partial charge in [-0.3, -0.25) is 0 Å². The quantitative estimate of drug-likeness (QED) is 0.815. The highest BCUT2D eigenvalue weighted by Gasteiger charge is 2.08. The third-order valence-corrected chi connectivity index (χ3v) is 2.57. The smallest absolute Gasteiger partial charge is 0.254 e. The summed E-state index contributed by atoms with van der Waals surface area (Å²) in [4.78, 5) is 8.41. The summed E-state index contributed by atoms with van der Waals surface area (Å²) in [6.07, 6.45) is 1.59. The molecule has 0 fully saturated rings. The molecule has 1 unspecified atom stereocenters. The Balaban J connectivity index is 2.25. The first-order chi connectivity index (χ1) is 8.74. The topological polar surface area (TPSA) is 73.6 Å². The minimum absolute atomic E-state index is 0.114.